The maximum Gasteiger partial charge on any atom is 0.192 e. The van der Waals surface area contributed by atoms with Crippen LogP contribution in [0.25, 0.3) is 0 Å². The van der Waals surface area contributed by atoms with Gasteiger partial charge >= 0.3 is 0 Å². The van der Waals surface area contributed by atoms with E-state index >= 15 is 0 Å². The molecule has 1 aromatic carbocycles. The Morgan fingerprint density at radius 3 is 2.88 bits per heavy atom. The summed E-state index contributed by atoms with van der Waals surface area (Å²) in [5.41, 5.74) is 8.04. The molecule has 2 aliphatic rings. The van der Waals surface area contributed by atoms with Crippen LogP contribution in [0.1, 0.15) is 30.0 Å². The third kappa shape index (κ3) is 1.77. The van der Waals surface area contributed by atoms with Gasteiger partial charge in [0.05, 0.1) is 12.6 Å². The van der Waals surface area contributed by atoms with Gasteiger partial charge in [-0.1, -0.05) is 6.07 Å². The Kier molecular flexibility index (Phi) is 2.31. The van der Waals surface area contributed by atoms with Crippen LogP contribution in [0.5, 0.6) is 0 Å². The van der Waals surface area contributed by atoms with Crippen LogP contribution in [0.4, 0.5) is 4.39 Å². The zero-order chi connectivity index (χ0) is 12.0. The van der Waals surface area contributed by atoms with E-state index < -0.39 is 0 Å². The number of hydrogen-bond acceptors (Lipinski definition) is 3. The summed E-state index contributed by atoms with van der Waals surface area (Å²) in [7, 11) is 0. The standard InChI is InChI=1S/C13H16FN3/c1-8-2-3-9(14)6-11(8)12-7-16-13(15)17(12)10-4-5-10/h2-3,6,10,12H,4-5,7H2,1H3,(H2,15,16). The summed E-state index contributed by atoms with van der Waals surface area (Å²) in [5, 5.41) is 0. The van der Waals surface area contributed by atoms with Gasteiger partial charge in [0.1, 0.15) is 5.82 Å². The predicted molar refractivity (Wildman–Crippen MR) is 65.2 cm³/mol. The fourth-order valence-electron chi connectivity index (χ4n) is 2.52. The molecule has 4 heteroatoms. The summed E-state index contributed by atoms with van der Waals surface area (Å²) in [6.45, 7) is 2.65. The molecule has 1 atom stereocenters. The molecule has 90 valence electrons. The first-order valence-corrected chi connectivity index (χ1v) is 6.01. The van der Waals surface area contributed by atoms with Crippen LogP contribution in [-0.4, -0.2) is 23.4 Å². The second kappa shape index (κ2) is 3.72. The fourth-order valence-corrected chi connectivity index (χ4v) is 2.52. The zero-order valence-corrected chi connectivity index (χ0v) is 9.86. The molecule has 1 heterocycles. The van der Waals surface area contributed by atoms with Gasteiger partial charge in [-0.05, 0) is 43.0 Å². The summed E-state index contributed by atoms with van der Waals surface area (Å²) < 4.78 is 13.4. The summed E-state index contributed by atoms with van der Waals surface area (Å²) in [6.07, 6.45) is 2.34. The molecule has 0 aromatic heterocycles. The molecule has 0 saturated heterocycles. The Labute approximate surface area is 100 Å². The lowest BCUT2D eigenvalue weighted by Crippen LogP contribution is -2.38. The fraction of sp³-hybridized carbons (Fsp3) is 0.462. The average molecular weight is 233 g/mol. The number of aryl methyl sites for hydroxylation is 1. The van der Waals surface area contributed by atoms with Crippen LogP contribution >= 0.6 is 0 Å². The molecule has 1 aromatic rings. The van der Waals surface area contributed by atoms with E-state index in [1.807, 2.05) is 13.0 Å². The minimum absolute atomic E-state index is 0.123. The Morgan fingerprint density at radius 2 is 2.18 bits per heavy atom. The van der Waals surface area contributed by atoms with Crippen molar-refractivity contribution in [2.24, 2.45) is 10.7 Å². The molecule has 17 heavy (non-hydrogen) atoms. The summed E-state index contributed by atoms with van der Waals surface area (Å²) in [6, 6.07) is 5.57. The van der Waals surface area contributed by atoms with E-state index in [1.165, 1.54) is 18.9 Å². The quantitative estimate of drug-likeness (QED) is 0.848. The van der Waals surface area contributed by atoms with Crippen molar-refractivity contribution < 1.29 is 4.39 Å². The highest BCUT2D eigenvalue weighted by atomic mass is 19.1. The summed E-state index contributed by atoms with van der Waals surface area (Å²) in [5.74, 6) is 0.424. The highest BCUT2D eigenvalue weighted by Crippen LogP contribution is 2.38. The first kappa shape index (κ1) is 10.6. The van der Waals surface area contributed by atoms with Gasteiger partial charge in [0.2, 0.25) is 0 Å². The lowest BCUT2D eigenvalue weighted by molar-refractivity contribution is 0.336. The smallest absolute Gasteiger partial charge is 0.192 e. The molecule has 0 radical (unpaired) electrons. The van der Waals surface area contributed by atoms with Gasteiger partial charge in [-0.15, -0.1) is 0 Å². The molecular weight excluding hydrogens is 217 g/mol. The first-order valence-electron chi connectivity index (χ1n) is 6.01. The lowest BCUT2D eigenvalue weighted by Gasteiger charge is -2.27. The molecule has 1 aliphatic heterocycles. The topological polar surface area (TPSA) is 41.6 Å². The van der Waals surface area contributed by atoms with Crippen LogP contribution in [0.3, 0.4) is 0 Å². The number of nitrogens with two attached hydrogens (primary N) is 1. The second-order valence-electron chi connectivity index (χ2n) is 4.85. The van der Waals surface area contributed by atoms with Crippen molar-refractivity contribution in [3.8, 4) is 0 Å². The van der Waals surface area contributed by atoms with E-state index in [0.717, 1.165) is 11.1 Å². The minimum Gasteiger partial charge on any atom is -0.370 e. The highest BCUT2D eigenvalue weighted by Gasteiger charge is 2.39. The third-order valence-electron chi connectivity index (χ3n) is 3.57. The van der Waals surface area contributed by atoms with Crippen molar-refractivity contribution in [2.75, 3.05) is 6.54 Å². The van der Waals surface area contributed by atoms with Gasteiger partial charge in [0, 0.05) is 6.04 Å². The molecule has 1 saturated carbocycles. The van der Waals surface area contributed by atoms with Crippen molar-refractivity contribution in [2.45, 2.75) is 31.8 Å². The Morgan fingerprint density at radius 1 is 1.41 bits per heavy atom. The molecule has 1 unspecified atom stereocenters. The monoisotopic (exact) mass is 233 g/mol. The normalized spacial score (nSPS) is 24.0. The first-order chi connectivity index (χ1) is 8.16. The molecule has 3 nitrogen and oxygen atoms in total. The van der Waals surface area contributed by atoms with Gasteiger partial charge < -0.3 is 10.6 Å². The molecular formula is C13H16FN3. The van der Waals surface area contributed by atoms with Gasteiger partial charge in [0.25, 0.3) is 0 Å². The average Bonchev–Trinajstić information content (AvgIpc) is 3.06. The number of halogens is 1. The molecule has 1 aliphatic carbocycles. The van der Waals surface area contributed by atoms with Gasteiger partial charge in [-0.3, -0.25) is 4.99 Å². The maximum atomic E-state index is 13.4. The number of benzene rings is 1. The number of nitrogens with zero attached hydrogens (tertiary/aromatic N) is 2. The second-order valence-corrected chi connectivity index (χ2v) is 4.85. The number of guanidine groups is 1. The largest absolute Gasteiger partial charge is 0.370 e. The molecule has 0 amide bonds. The maximum absolute atomic E-state index is 13.4. The molecule has 2 N–H and O–H groups in total. The molecule has 3 rings (SSSR count). The van der Waals surface area contributed by atoms with Crippen molar-refractivity contribution in [3.05, 3.63) is 35.1 Å². The van der Waals surface area contributed by atoms with Gasteiger partial charge in [-0.25, -0.2) is 4.39 Å². The van der Waals surface area contributed by atoms with Crippen molar-refractivity contribution in [3.63, 3.8) is 0 Å². The molecule has 1 fully saturated rings. The van der Waals surface area contributed by atoms with Crippen LogP contribution < -0.4 is 5.73 Å². The van der Waals surface area contributed by atoms with Crippen LogP contribution in [0.15, 0.2) is 23.2 Å². The van der Waals surface area contributed by atoms with E-state index in [4.69, 9.17) is 5.73 Å². The van der Waals surface area contributed by atoms with Crippen molar-refractivity contribution >= 4 is 5.96 Å². The van der Waals surface area contributed by atoms with E-state index in [2.05, 4.69) is 9.89 Å². The van der Waals surface area contributed by atoms with E-state index in [0.29, 0.717) is 18.5 Å². The van der Waals surface area contributed by atoms with Gasteiger partial charge in [0.15, 0.2) is 5.96 Å². The predicted octanol–water partition coefficient (Wildman–Crippen LogP) is 1.97. The Bertz CT molecular complexity index is 480. The van der Waals surface area contributed by atoms with Crippen molar-refractivity contribution in [1.29, 1.82) is 0 Å². The van der Waals surface area contributed by atoms with Crippen LogP contribution in [-0.2, 0) is 0 Å². The number of rotatable bonds is 2. The summed E-state index contributed by atoms with van der Waals surface area (Å²) in [4.78, 5) is 6.46. The molecule has 0 bridgehead atoms. The number of hydrogen-bond donors (Lipinski definition) is 1. The van der Waals surface area contributed by atoms with Gasteiger partial charge in [-0.2, -0.15) is 0 Å². The Hall–Kier alpha value is -1.58. The highest BCUT2D eigenvalue weighted by molar-refractivity contribution is 5.81. The van der Waals surface area contributed by atoms with Crippen LogP contribution in [0, 0.1) is 12.7 Å². The van der Waals surface area contributed by atoms with E-state index in [9.17, 15) is 4.39 Å². The lowest BCUT2D eigenvalue weighted by atomic mass is 10.0. The van der Waals surface area contributed by atoms with Crippen LogP contribution in [0.2, 0.25) is 0 Å². The van der Waals surface area contributed by atoms with E-state index in [1.54, 1.807) is 6.07 Å². The molecule has 0 spiro atoms. The zero-order valence-electron chi connectivity index (χ0n) is 9.86. The summed E-state index contributed by atoms with van der Waals surface area (Å²) >= 11 is 0. The van der Waals surface area contributed by atoms with Crippen molar-refractivity contribution in [1.82, 2.24) is 4.90 Å². The van der Waals surface area contributed by atoms with E-state index in [-0.39, 0.29) is 11.9 Å². The Balaban J connectivity index is 1.96. The minimum atomic E-state index is -0.188. The third-order valence-corrected chi connectivity index (χ3v) is 3.57. The number of aliphatic imine (C=N–C) groups is 1. The SMILES string of the molecule is Cc1ccc(F)cc1C1CN=C(N)N1C1CC1.